The summed E-state index contributed by atoms with van der Waals surface area (Å²) < 4.78 is 5.75. The van der Waals surface area contributed by atoms with Crippen LogP contribution in [0.2, 0.25) is 0 Å². The molecule has 2 unspecified atom stereocenters. The Morgan fingerprint density at radius 3 is 1.34 bits per heavy atom. The Kier molecular flexibility index (Phi) is 14.0. The molecular weight excluding hydrogens is 1290 g/mol. The average Bonchev–Trinajstić information content (AvgIpc) is 1.47. The topological polar surface area (TPSA) is 275 Å². The van der Waals surface area contributed by atoms with Crippen molar-refractivity contribution in [1.82, 2.24) is 64.5 Å². The molecule has 2 aromatic heterocycles. The number of nitrogens with one attached hydrogen (secondary N) is 4. The summed E-state index contributed by atoms with van der Waals surface area (Å²) in [5.41, 5.74) is 2.33. The van der Waals surface area contributed by atoms with Gasteiger partial charge in [0.05, 0.1) is 63.8 Å². The maximum Gasteiger partial charge on any atom is 0.322 e. The summed E-state index contributed by atoms with van der Waals surface area (Å²) in [6.45, 7) is 4.13. The van der Waals surface area contributed by atoms with Gasteiger partial charge in [-0.2, -0.15) is 0 Å². The third kappa shape index (κ3) is 8.06. The first-order valence-corrected chi connectivity index (χ1v) is 37.2. The number of aliphatic hydroxyl groups is 1. The van der Waals surface area contributed by atoms with Crippen molar-refractivity contribution < 1.29 is 33.9 Å². The maximum atomic E-state index is 15.5. The Balaban J connectivity index is 0.631. The normalized spacial score (nSPS) is 29.1. The van der Waals surface area contributed by atoms with Gasteiger partial charge < -0.3 is 26.4 Å². The molecule has 102 heavy (non-hydrogen) atoms. The monoisotopic (exact) mass is 1380 g/mol. The molecule has 526 valence electrons. The van der Waals surface area contributed by atoms with Gasteiger partial charge in [-0.1, -0.05) is 156 Å². The molecule has 4 aromatic carbocycles. The zero-order valence-electron chi connectivity index (χ0n) is 57.4. The van der Waals surface area contributed by atoms with E-state index in [1.807, 2.05) is 30.3 Å². The number of aliphatic hydroxyl groups excluding tert-OH is 1. The van der Waals surface area contributed by atoms with E-state index in [-0.39, 0.29) is 86.7 Å². The van der Waals surface area contributed by atoms with Crippen molar-refractivity contribution in [2.75, 3.05) is 19.7 Å². The van der Waals surface area contributed by atoms with E-state index in [2.05, 4.69) is 71.5 Å². The van der Waals surface area contributed by atoms with Gasteiger partial charge in [0, 0.05) is 70.1 Å². The number of urea groups is 4. The number of imide groups is 1. The molecule has 9 aliphatic heterocycles. The molecule has 4 bridgehead atoms. The fourth-order valence-electron chi connectivity index (χ4n) is 22.1. The molecule has 24 nitrogen and oxygen atoms in total. The van der Waals surface area contributed by atoms with Crippen LogP contribution in [0.3, 0.4) is 0 Å². The zero-order chi connectivity index (χ0) is 69.8. The van der Waals surface area contributed by atoms with Crippen LogP contribution in [0.25, 0.3) is 0 Å². The minimum atomic E-state index is -1.43. The lowest BCUT2D eigenvalue weighted by atomic mass is 9.50. The number of hydrogen-bond donors (Lipinski definition) is 5. The van der Waals surface area contributed by atoms with Gasteiger partial charge >= 0.3 is 24.1 Å². The van der Waals surface area contributed by atoms with E-state index in [0.29, 0.717) is 47.9 Å². The molecule has 6 aromatic rings. The SMILES string of the molecule is CCCCCCCc1ccc(C23NC(=O)N4CC(=C5Cn6c(=O)c7c(c(=O)n6C5)[C@@H]5CC[C@H]7c6c5c(=O)n5n(c6=O)Cc6cc7c(cc6C5)CN5C(=O)NC68NC(=O)N(C7)C56[C@@H]5CC[C@H]8[C@@H]6C(=O)N([C@@H](CO)c7ccccc7)C(=O)[C@@H]65)CN(C(=O)N2)C43c2ccc(CCCCCCC)cc2)cc1. The van der Waals surface area contributed by atoms with Gasteiger partial charge in [0.1, 0.15) is 0 Å². The molecule has 9 atom stereocenters. The van der Waals surface area contributed by atoms with Gasteiger partial charge in [-0.15, -0.1) is 0 Å². The fraction of sp³-hybridized carbons (Fsp3) is 0.487. The number of hydrogen-bond acceptors (Lipinski definition) is 11. The van der Waals surface area contributed by atoms with Gasteiger partial charge in [-0.3, -0.25) is 53.3 Å². The summed E-state index contributed by atoms with van der Waals surface area (Å²) in [5, 5.41) is 23.8. The average molecular weight is 1380 g/mol. The zero-order valence-corrected chi connectivity index (χ0v) is 57.4. The molecule has 11 heterocycles. The van der Waals surface area contributed by atoms with Crippen molar-refractivity contribution in [2.45, 2.75) is 196 Å². The summed E-state index contributed by atoms with van der Waals surface area (Å²) in [5.74, 6) is -5.65. The van der Waals surface area contributed by atoms with Crippen LogP contribution in [0.5, 0.6) is 0 Å². The predicted molar refractivity (Wildman–Crippen MR) is 371 cm³/mol. The molecule has 3 saturated carbocycles. The molecular formula is C78H83N13O11. The van der Waals surface area contributed by atoms with Crippen molar-refractivity contribution in [3.8, 4) is 0 Å². The molecule has 6 saturated heterocycles. The fourth-order valence-corrected chi connectivity index (χ4v) is 22.1. The number of carbonyl (C=O) groups is 6. The molecule has 9 fully saturated rings. The van der Waals surface area contributed by atoms with E-state index in [0.717, 1.165) is 72.8 Å². The predicted octanol–water partition coefficient (Wildman–Crippen LogP) is 7.05. The van der Waals surface area contributed by atoms with E-state index in [1.54, 1.807) is 43.9 Å². The van der Waals surface area contributed by atoms with E-state index in [4.69, 9.17) is 0 Å². The number of benzene rings is 4. The quantitative estimate of drug-likeness (QED) is 0.0350. The third-order valence-electron chi connectivity index (χ3n) is 26.5. The van der Waals surface area contributed by atoms with Crippen molar-refractivity contribution >= 4 is 35.9 Å². The number of unbranched alkanes of at least 4 members (excludes halogenated alkanes) is 8. The highest BCUT2D eigenvalue weighted by Gasteiger charge is 2.86. The first kappa shape index (κ1) is 63.1. The number of aromatic nitrogens is 4. The van der Waals surface area contributed by atoms with Crippen LogP contribution in [-0.2, 0) is 73.0 Å². The lowest BCUT2D eigenvalue weighted by Gasteiger charge is -2.62. The second-order valence-electron chi connectivity index (χ2n) is 31.1. The van der Waals surface area contributed by atoms with Crippen LogP contribution >= 0.6 is 0 Å². The minimum absolute atomic E-state index is 0.00591. The number of amides is 10. The molecule has 0 radical (unpaired) electrons. The number of carbonyl (C=O) groups excluding carboxylic acids is 6. The van der Waals surface area contributed by atoms with Crippen molar-refractivity contribution in [2.24, 2.45) is 23.7 Å². The summed E-state index contributed by atoms with van der Waals surface area (Å²) in [4.78, 5) is 159. The molecule has 6 aliphatic carbocycles. The van der Waals surface area contributed by atoms with E-state index >= 15 is 33.6 Å². The second kappa shape index (κ2) is 22.6. The van der Waals surface area contributed by atoms with Crippen molar-refractivity contribution in [3.05, 3.63) is 216 Å². The number of likely N-dealkylation sites (tertiary alicyclic amines) is 1. The Labute approximate surface area is 587 Å². The Hall–Kier alpha value is -9.84. The molecule has 5 N–H and O–H groups in total. The first-order chi connectivity index (χ1) is 49.5. The molecule has 10 amide bonds. The second-order valence-corrected chi connectivity index (χ2v) is 31.1. The van der Waals surface area contributed by atoms with E-state index < -0.39 is 117 Å². The van der Waals surface area contributed by atoms with Crippen LogP contribution in [0.15, 0.2) is 121 Å². The van der Waals surface area contributed by atoms with Crippen molar-refractivity contribution in [1.29, 1.82) is 0 Å². The molecule has 24 heteroatoms. The van der Waals surface area contributed by atoms with E-state index in [9.17, 15) is 19.5 Å². The summed E-state index contributed by atoms with van der Waals surface area (Å²) >= 11 is 0. The third-order valence-corrected chi connectivity index (χ3v) is 26.5. The molecule has 21 rings (SSSR count). The maximum absolute atomic E-state index is 15.5. The lowest BCUT2D eigenvalue weighted by molar-refractivity contribution is -0.185. The van der Waals surface area contributed by atoms with Gasteiger partial charge in [0.15, 0.2) is 22.7 Å². The highest BCUT2D eigenvalue weighted by atomic mass is 16.3. The van der Waals surface area contributed by atoms with Gasteiger partial charge in [-0.25, -0.2) is 37.9 Å². The van der Waals surface area contributed by atoms with Crippen LogP contribution in [-0.4, -0.2) is 115 Å². The number of rotatable bonds is 17. The van der Waals surface area contributed by atoms with Gasteiger partial charge in [-0.05, 0) is 101 Å². The smallest absolute Gasteiger partial charge is 0.322 e. The largest absolute Gasteiger partial charge is 0.394 e. The van der Waals surface area contributed by atoms with Crippen molar-refractivity contribution in [3.63, 3.8) is 0 Å². The van der Waals surface area contributed by atoms with Gasteiger partial charge in [0.2, 0.25) is 11.8 Å². The van der Waals surface area contributed by atoms with Crippen LogP contribution in [0.1, 0.15) is 194 Å². The number of fused-ring (bicyclic) bond motifs is 6. The number of allylic oxidation sites excluding steroid dienone is 1. The van der Waals surface area contributed by atoms with Gasteiger partial charge in [0.25, 0.3) is 22.2 Å². The summed E-state index contributed by atoms with van der Waals surface area (Å²) in [6.07, 6.45) is 15.0. The molecule has 1 spiro atoms. The highest BCUT2D eigenvalue weighted by molar-refractivity contribution is 6.07. The van der Waals surface area contributed by atoms with Crippen LogP contribution in [0.4, 0.5) is 19.2 Å². The van der Waals surface area contributed by atoms with Crippen LogP contribution < -0.4 is 43.5 Å². The number of nitrogens with zero attached hydrogens (tertiary/aromatic N) is 9. The Bertz CT molecular complexity index is 4810. The standard InChI is InChI=1S/C78H83N13O11/c1-3-5-7-9-12-16-43-20-24-52(25-21-43)75-77(53-26-22-44(23-27-53)17-13-10-8-6-4-2)83(71(99)79-75)36-50(37-84(77)72(100)80-75)51-40-89-67(95)61-54-28-29-55(62(61)68(96)90(89)41-51)60-59(54)65(93)87-38-48-32-46-34-85-73(101)81-76-56-30-31-57(64-63(56)69(97)91(70(64)98)58(42-92)45-18-14-11-15-19-45)78(76,85)86(74(102)82-76)35-47(46)33-49(48)39-88(87)66(60)94/h11,14-15,18-27,32-33,54-58,63-64,92H,3-10,12-13,16-17,28-31,34-42H2,1-2H3,(H,79,99)(H,80,100)(H,81,101)(H,82,102)/t54-,55+,56-,57+,58-,63-,64+,75?,76?,77?,78?/m0/s1. The molecule has 15 aliphatic rings. The van der Waals surface area contributed by atoms with Crippen LogP contribution in [0, 0.1) is 23.7 Å². The summed E-state index contributed by atoms with van der Waals surface area (Å²) in [6, 6.07) is 26.8. The van der Waals surface area contributed by atoms with E-state index in [1.165, 1.54) is 66.9 Å². The number of aryl methyl sites for hydroxylation is 2. The first-order valence-electron chi connectivity index (χ1n) is 37.2. The highest BCUT2D eigenvalue weighted by Crippen LogP contribution is 2.68. The summed E-state index contributed by atoms with van der Waals surface area (Å²) in [7, 11) is 0. The minimum Gasteiger partial charge on any atom is -0.394 e. The Morgan fingerprint density at radius 2 is 0.863 bits per heavy atom. The lowest BCUT2D eigenvalue weighted by Crippen LogP contribution is -2.80. The Morgan fingerprint density at radius 1 is 0.441 bits per heavy atom.